The minimum atomic E-state index is -3.88. The van der Waals surface area contributed by atoms with Gasteiger partial charge in [-0.2, -0.15) is 4.31 Å². The van der Waals surface area contributed by atoms with Crippen LogP contribution in [0.5, 0.6) is 0 Å². The highest BCUT2D eigenvalue weighted by atomic mass is 35.5. The first kappa shape index (κ1) is 15.6. The van der Waals surface area contributed by atoms with Gasteiger partial charge in [-0.3, -0.25) is 9.59 Å². The zero-order valence-corrected chi connectivity index (χ0v) is 11.6. The quantitative estimate of drug-likeness (QED) is 0.620. The molecule has 0 aliphatic rings. The van der Waals surface area contributed by atoms with Crippen molar-refractivity contribution in [1.82, 2.24) is 4.31 Å². The van der Waals surface area contributed by atoms with Crippen LogP contribution < -0.4 is 0 Å². The van der Waals surface area contributed by atoms with Crippen molar-refractivity contribution in [3.05, 3.63) is 29.8 Å². The van der Waals surface area contributed by atoms with E-state index in [1.165, 1.54) is 31.3 Å². The zero-order chi connectivity index (χ0) is 14.6. The topological polar surface area (TPSA) is 91.8 Å². The second-order valence-electron chi connectivity index (χ2n) is 3.74. The van der Waals surface area contributed by atoms with E-state index in [1.807, 2.05) is 0 Å². The van der Waals surface area contributed by atoms with E-state index in [4.69, 9.17) is 16.7 Å². The third-order valence-corrected chi connectivity index (χ3v) is 4.42. The van der Waals surface area contributed by atoms with Gasteiger partial charge in [-0.25, -0.2) is 8.42 Å². The van der Waals surface area contributed by atoms with Crippen molar-refractivity contribution in [2.75, 3.05) is 19.5 Å². The summed E-state index contributed by atoms with van der Waals surface area (Å²) in [4.78, 5) is 21.7. The fourth-order valence-electron chi connectivity index (χ4n) is 1.35. The normalized spacial score (nSPS) is 11.5. The van der Waals surface area contributed by atoms with E-state index in [0.29, 0.717) is 9.87 Å². The molecule has 0 aromatic heterocycles. The molecule has 0 heterocycles. The lowest BCUT2D eigenvalue weighted by Crippen LogP contribution is -2.32. The number of benzene rings is 1. The molecule has 1 rings (SSSR count). The summed E-state index contributed by atoms with van der Waals surface area (Å²) in [6.45, 7) is -0.634. The molecule has 6 nitrogen and oxygen atoms in total. The summed E-state index contributed by atoms with van der Waals surface area (Å²) in [6, 6.07) is 5.17. The Kier molecular flexibility index (Phi) is 5.04. The second kappa shape index (κ2) is 6.14. The number of aliphatic carboxylic acids is 1. The number of carbonyl (C=O) groups excluding carboxylic acids is 1. The lowest BCUT2D eigenvalue weighted by Gasteiger charge is -2.14. The predicted octanol–water partition coefficient (Wildman–Crippen LogP) is 0.813. The third kappa shape index (κ3) is 3.76. The molecule has 0 bridgehead atoms. The Labute approximate surface area is 115 Å². The van der Waals surface area contributed by atoms with E-state index < -0.39 is 22.5 Å². The minimum absolute atomic E-state index is 0.0811. The molecular formula is C11H12ClNO5S. The molecule has 19 heavy (non-hydrogen) atoms. The molecule has 0 amide bonds. The maximum atomic E-state index is 12.0. The highest BCUT2D eigenvalue weighted by molar-refractivity contribution is 7.89. The Bertz CT molecular complexity index is 582. The van der Waals surface area contributed by atoms with Gasteiger partial charge in [-0.1, -0.05) is 12.1 Å². The van der Waals surface area contributed by atoms with Gasteiger partial charge >= 0.3 is 5.97 Å². The van der Waals surface area contributed by atoms with Crippen molar-refractivity contribution >= 4 is 33.4 Å². The number of carboxylic acid groups (broad SMARTS) is 1. The number of nitrogens with zero attached hydrogens (tertiary/aromatic N) is 1. The van der Waals surface area contributed by atoms with Gasteiger partial charge in [0.2, 0.25) is 10.0 Å². The van der Waals surface area contributed by atoms with Crippen molar-refractivity contribution in [2.45, 2.75) is 4.90 Å². The van der Waals surface area contributed by atoms with Crippen molar-refractivity contribution in [3.63, 3.8) is 0 Å². The summed E-state index contributed by atoms with van der Waals surface area (Å²) in [5.74, 6) is -1.75. The molecule has 0 aliphatic heterocycles. The number of carbonyl (C=O) groups is 2. The summed E-state index contributed by atoms with van der Waals surface area (Å²) in [5, 5.41) is 8.58. The van der Waals surface area contributed by atoms with Gasteiger partial charge in [0.25, 0.3) is 0 Å². The Hall–Kier alpha value is -1.44. The van der Waals surface area contributed by atoms with Crippen molar-refractivity contribution in [1.29, 1.82) is 0 Å². The number of likely N-dealkylation sites (N-methyl/N-ethyl adjacent to an activating group) is 1. The van der Waals surface area contributed by atoms with E-state index in [1.54, 1.807) is 0 Å². The number of Topliss-reactive ketones (excluding diaryl/α,β-unsaturated/α-hetero) is 1. The summed E-state index contributed by atoms with van der Waals surface area (Å²) < 4.78 is 24.7. The fourth-order valence-corrected chi connectivity index (χ4v) is 2.62. The minimum Gasteiger partial charge on any atom is -0.480 e. The Morgan fingerprint density at radius 3 is 2.21 bits per heavy atom. The van der Waals surface area contributed by atoms with Crippen LogP contribution in [0.25, 0.3) is 0 Å². The molecule has 0 spiro atoms. The average molecular weight is 306 g/mol. The van der Waals surface area contributed by atoms with Crippen LogP contribution in [0.2, 0.25) is 0 Å². The summed E-state index contributed by atoms with van der Waals surface area (Å²) >= 11 is 5.38. The Morgan fingerprint density at radius 1 is 1.26 bits per heavy atom. The van der Waals surface area contributed by atoms with Crippen LogP contribution >= 0.6 is 11.6 Å². The number of carboxylic acids is 1. The van der Waals surface area contributed by atoms with Crippen LogP contribution in [0.3, 0.4) is 0 Å². The Morgan fingerprint density at radius 2 is 1.79 bits per heavy atom. The SMILES string of the molecule is CN(CC(=O)O)S(=O)(=O)c1ccc(C(=O)CCl)cc1. The van der Waals surface area contributed by atoms with Gasteiger partial charge in [-0.15, -0.1) is 11.6 Å². The van der Waals surface area contributed by atoms with Crippen molar-refractivity contribution < 1.29 is 23.1 Å². The molecule has 0 aliphatic carbocycles. The number of halogens is 1. The molecule has 1 aromatic rings. The third-order valence-electron chi connectivity index (χ3n) is 2.36. The average Bonchev–Trinajstić information content (AvgIpc) is 2.37. The van der Waals surface area contributed by atoms with Crippen molar-refractivity contribution in [2.24, 2.45) is 0 Å². The molecular weight excluding hydrogens is 294 g/mol. The standard InChI is InChI=1S/C11H12ClNO5S/c1-13(7-11(15)16)19(17,18)9-4-2-8(3-5-9)10(14)6-12/h2-5H,6-7H2,1H3,(H,15,16). The summed E-state index contributed by atoms with van der Waals surface area (Å²) in [5.41, 5.74) is 0.301. The number of alkyl halides is 1. The van der Waals surface area contributed by atoms with Gasteiger partial charge in [0.15, 0.2) is 5.78 Å². The molecule has 1 aromatic carbocycles. The highest BCUT2D eigenvalue weighted by Crippen LogP contribution is 2.15. The van der Waals surface area contributed by atoms with Gasteiger partial charge in [0.1, 0.15) is 6.54 Å². The van der Waals surface area contributed by atoms with E-state index in [9.17, 15) is 18.0 Å². The first-order chi connectivity index (χ1) is 8.78. The molecule has 0 unspecified atom stereocenters. The van der Waals surface area contributed by atoms with Crippen LogP contribution in [0.1, 0.15) is 10.4 Å². The molecule has 8 heteroatoms. The number of hydrogen-bond donors (Lipinski definition) is 1. The largest absolute Gasteiger partial charge is 0.480 e. The van der Waals surface area contributed by atoms with Gasteiger partial charge in [0.05, 0.1) is 10.8 Å². The molecule has 1 N–H and O–H groups in total. The lowest BCUT2D eigenvalue weighted by molar-refractivity contribution is -0.137. The van der Waals surface area contributed by atoms with E-state index >= 15 is 0 Å². The predicted molar refractivity (Wildman–Crippen MR) is 68.9 cm³/mol. The van der Waals surface area contributed by atoms with Crippen LogP contribution in [-0.4, -0.2) is 49.1 Å². The van der Waals surface area contributed by atoms with Crippen LogP contribution in [0.15, 0.2) is 29.2 Å². The molecule has 0 atom stereocenters. The molecule has 0 saturated heterocycles. The monoisotopic (exact) mass is 305 g/mol. The fraction of sp³-hybridized carbons (Fsp3) is 0.273. The second-order valence-corrected chi connectivity index (χ2v) is 6.05. The van der Waals surface area contributed by atoms with E-state index in [0.717, 1.165) is 0 Å². The van der Waals surface area contributed by atoms with Crippen LogP contribution in [-0.2, 0) is 14.8 Å². The first-order valence-corrected chi connectivity index (χ1v) is 7.14. The smallest absolute Gasteiger partial charge is 0.318 e. The maximum absolute atomic E-state index is 12.0. The zero-order valence-electron chi connectivity index (χ0n) is 10.0. The van der Waals surface area contributed by atoms with Crippen LogP contribution in [0.4, 0.5) is 0 Å². The first-order valence-electron chi connectivity index (χ1n) is 5.16. The molecule has 104 valence electrons. The Balaban J connectivity index is 3.03. The molecule has 0 saturated carbocycles. The van der Waals surface area contributed by atoms with Crippen molar-refractivity contribution in [3.8, 4) is 0 Å². The maximum Gasteiger partial charge on any atom is 0.318 e. The van der Waals surface area contributed by atoms with Crippen LogP contribution in [0, 0.1) is 0 Å². The van der Waals surface area contributed by atoms with E-state index in [2.05, 4.69) is 0 Å². The number of hydrogen-bond acceptors (Lipinski definition) is 4. The summed E-state index contributed by atoms with van der Waals surface area (Å²) in [7, 11) is -2.71. The lowest BCUT2D eigenvalue weighted by atomic mass is 10.1. The molecule has 0 radical (unpaired) electrons. The number of sulfonamides is 1. The van der Waals surface area contributed by atoms with Gasteiger partial charge in [-0.05, 0) is 12.1 Å². The summed E-state index contributed by atoms with van der Waals surface area (Å²) in [6.07, 6.45) is 0. The van der Waals surface area contributed by atoms with Gasteiger partial charge < -0.3 is 5.11 Å². The highest BCUT2D eigenvalue weighted by Gasteiger charge is 2.22. The van der Waals surface area contributed by atoms with Gasteiger partial charge in [0, 0.05) is 12.6 Å². The molecule has 0 fully saturated rings. The van der Waals surface area contributed by atoms with E-state index in [-0.39, 0.29) is 16.6 Å². The number of ketones is 1. The number of rotatable bonds is 6.